The Morgan fingerprint density at radius 3 is 2.59 bits per heavy atom. The number of aliphatic carboxylic acids is 1. The molecule has 0 spiro atoms. The third-order valence-electron chi connectivity index (χ3n) is 2.40. The van der Waals surface area contributed by atoms with Crippen LogP contribution in [0.3, 0.4) is 0 Å². The minimum atomic E-state index is -1.41. The molecule has 0 amide bonds. The molecule has 0 fully saturated rings. The Morgan fingerprint density at radius 2 is 2.12 bits per heavy atom. The largest absolute Gasteiger partial charge is 0.479 e. The third-order valence-corrected chi connectivity index (χ3v) is 2.40. The maximum atomic E-state index is 11.4. The molecule has 17 heavy (non-hydrogen) atoms. The number of carbonyl (C=O) groups is 1. The normalized spacial score (nSPS) is 14.4. The quantitative estimate of drug-likeness (QED) is 0.764. The van der Waals surface area contributed by atoms with Crippen molar-refractivity contribution in [2.45, 2.75) is 32.5 Å². The van der Waals surface area contributed by atoms with Crippen LogP contribution in [0.5, 0.6) is 5.75 Å². The topological polar surface area (TPSA) is 81.8 Å². The van der Waals surface area contributed by atoms with E-state index in [1.54, 1.807) is 38.1 Å². The van der Waals surface area contributed by atoms with Crippen molar-refractivity contribution >= 4 is 5.97 Å². The molecular weight excluding hydrogens is 222 g/mol. The Hall–Kier alpha value is -1.59. The van der Waals surface area contributed by atoms with Gasteiger partial charge in [0.2, 0.25) is 0 Å². The van der Waals surface area contributed by atoms with Crippen molar-refractivity contribution in [3.05, 3.63) is 29.8 Å². The molecule has 0 heterocycles. The lowest BCUT2D eigenvalue weighted by atomic mass is 9.95. The highest BCUT2D eigenvalue weighted by atomic mass is 16.6. The lowest BCUT2D eigenvalue weighted by Gasteiger charge is -2.28. The van der Waals surface area contributed by atoms with Gasteiger partial charge in [0.15, 0.2) is 5.60 Å². The Kier molecular flexibility index (Phi) is 4.09. The van der Waals surface area contributed by atoms with Crippen molar-refractivity contribution in [1.82, 2.24) is 0 Å². The first-order valence-electron chi connectivity index (χ1n) is 5.28. The van der Waals surface area contributed by atoms with E-state index in [1.165, 1.54) is 6.92 Å². The summed E-state index contributed by atoms with van der Waals surface area (Å²) in [5.74, 6) is 4.39. The summed E-state index contributed by atoms with van der Waals surface area (Å²) in [4.78, 5) is 15.9. The lowest BCUT2D eigenvalue weighted by molar-refractivity contribution is -0.170. The molecule has 0 bridgehead atoms. The van der Waals surface area contributed by atoms with E-state index in [2.05, 4.69) is 4.84 Å². The van der Waals surface area contributed by atoms with Gasteiger partial charge in [0.1, 0.15) is 5.75 Å². The van der Waals surface area contributed by atoms with E-state index in [0.717, 1.165) is 0 Å². The number of benzene rings is 1. The van der Waals surface area contributed by atoms with Gasteiger partial charge in [-0.15, -0.1) is 0 Å². The van der Waals surface area contributed by atoms with Crippen molar-refractivity contribution in [3.8, 4) is 5.75 Å². The third kappa shape index (κ3) is 2.95. The van der Waals surface area contributed by atoms with Gasteiger partial charge >= 0.3 is 5.97 Å². The molecule has 1 unspecified atom stereocenters. The number of hydrogen-bond donors (Lipinski definition) is 2. The fraction of sp³-hybridized carbons (Fsp3) is 0.417. The number of ether oxygens (including phenoxy) is 1. The molecule has 1 atom stereocenters. The zero-order valence-electron chi connectivity index (χ0n) is 10.1. The van der Waals surface area contributed by atoms with Crippen LogP contribution in [-0.2, 0) is 15.1 Å². The zero-order chi connectivity index (χ0) is 13.1. The van der Waals surface area contributed by atoms with Crippen molar-refractivity contribution in [3.63, 3.8) is 0 Å². The summed E-state index contributed by atoms with van der Waals surface area (Å²) in [7, 11) is 0. The summed E-state index contributed by atoms with van der Waals surface area (Å²) in [5.41, 5.74) is -0.926. The minimum Gasteiger partial charge on any atom is -0.479 e. The van der Waals surface area contributed by atoms with E-state index in [9.17, 15) is 9.90 Å². The predicted molar refractivity (Wildman–Crippen MR) is 62.5 cm³/mol. The van der Waals surface area contributed by atoms with Crippen molar-refractivity contribution in [1.29, 1.82) is 0 Å². The standard InChI is InChI=1S/C12H17NO4/c1-8(2)16-12(3,11(14)15)9-5-4-6-10(7-9)17-13/h4-8H,13H2,1-3H3,(H,14,15). The summed E-state index contributed by atoms with van der Waals surface area (Å²) >= 11 is 0. The fourth-order valence-corrected chi connectivity index (χ4v) is 1.58. The molecule has 5 heteroatoms. The van der Waals surface area contributed by atoms with Crippen molar-refractivity contribution in [2.75, 3.05) is 0 Å². The molecule has 94 valence electrons. The van der Waals surface area contributed by atoms with Crippen LogP contribution in [0.15, 0.2) is 24.3 Å². The number of nitrogens with two attached hydrogens (primary N) is 1. The second-order valence-electron chi connectivity index (χ2n) is 4.15. The van der Waals surface area contributed by atoms with Crippen LogP contribution < -0.4 is 10.7 Å². The lowest BCUT2D eigenvalue weighted by Crippen LogP contribution is -2.37. The molecule has 0 saturated carbocycles. The number of rotatable bonds is 5. The van der Waals surface area contributed by atoms with Crippen molar-refractivity contribution in [2.24, 2.45) is 5.90 Å². The predicted octanol–water partition coefficient (Wildman–Crippen LogP) is 1.66. The molecular formula is C12H17NO4. The van der Waals surface area contributed by atoms with E-state index in [1.807, 2.05) is 0 Å². The van der Waals surface area contributed by atoms with E-state index < -0.39 is 11.6 Å². The van der Waals surface area contributed by atoms with Gasteiger partial charge < -0.3 is 14.7 Å². The Morgan fingerprint density at radius 1 is 1.47 bits per heavy atom. The number of hydrogen-bond acceptors (Lipinski definition) is 4. The molecule has 0 saturated heterocycles. The number of carboxylic acid groups (broad SMARTS) is 1. The van der Waals surface area contributed by atoms with Gasteiger partial charge in [0, 0.05) is 0 Å². The first-order valence-corrected chi connectivity index (χ1v) is 5.28. The van der Waals surface area contributed by atoms with Gasteiger partial charge in [-0.25, -0.2) is 4.79 Å². The minimum absolute atomic E-state index is 0.210. The van der Waals surface area contributed by atoms with Gasteiger partial charge in [0.25, 0.3) is 0 Å². The number of carboxylic acids is 1. The van der Waals surface area contributed by atoms with E-state index >= 15 is 0 Å². The summed E-state index contributed by atoms with van der Waals surface area (Å²) < 4.78 is 5.49. The van der Waals surface area contributed by atoms with Gasteiger partial charge in [-0.2, -0.15) is 5.90 Å². The molecule has 1 aromatic rings. The van der Waals surface area contributed by atoms with Crippen LogP contribution in [0, 0.1) is 0 Å². The maximum Gasteiger partial charge on any atom is 0.340 e. The van der Waals surface area contributed by atoms with Crippen LogP contribution in [0.4, 0.5) is 0 Å². The summed E-state index contributed by atoms with van der Waals surface area (Å²) in [6.07, 6.45) is -0.210. The fourth-order valence-electron chi connectivity index (χ4n) is 1.58. The Bertz CT molecular complexity index is 405. The summed E-state index contributed by atoms with van der Waals surface area (Å²) in [6, 6.07) is 6.53. The van der Waals surface area contributed by atoms with Gasteiger partial charge in [-0.3, -0.25) is 0 Å². The molecule has 5 nitrogen and oxygen atoms in total. The Balaban J connectivity index is 3.17. The van der Waals surface area contributed by atoms with Gasteiger partial charge in [0.05, 0.1) is 6.10 Å². The molecule has 0 aliphatic carbocycles. The zero-order valence-corrected chi connectivity index (χ0v) is 10.1. The molecule has 1 aromatic carbocycles. The molecule has 1 rings (SSSR count). The molecule has 3 N–H and O–H groups in total. The average Bonchev–Trinajstić information content (AvgIpc) is 2.28. The average molecular weight is 239 g/mol. The van der Waals surface area contributed by atoms with Crippen LogP contribution in [-0.4, -0.2) is 17.2 Å². The maximum absolute atomic E-state index is 11.4. The van der Waals surface area contributed by atoms with E-state index in [4.69, 9.17) is 10.6 Å². The van der Waals surface area contributed by atoms with Crippen LogP contribution >= 0.6 is 0 Å². The van der Waals surface area contributed by atoms with Gasteiger partial charge in [-0.05, 0) is 38.5 Å². The second kappa shape index (κ2) is 5.16. The van der Waals surface area contributed by atoms with E-state index in [-0.39, 0.29) is 6.10 Å². The Labute approximate surface area is 100 Å². The molecule has 0 aliphatic heterocycles. The SMILES string of the molecule is CC(C)OC(C)(C(=O)O)c1cccc(ON)c1. The first kappa shape index (κ1) is 13.5. The molecule has 0 radical (unpaired) electrons. The summed E-state index contributed by atoms with van der Waals surface area (Å²) in [6.45, 7) is 5.07. The highest BCUT2D eigenvalue weighted by Gasteiger charge is 2.37. The van der Waals surface area contributed by atoms with E-state index in [0.29, 0.717) is 11.3 Å². The highest BCUT2D eigenvalue weighted by molar-refractivity contribution is 5.79. The molecule has 0 aromatic heterocycles. The second-order valence-corrected chi connectivity index (χ2v) is 4.15. The smallest absolute Gasteiger partial charge is 0.340 e. The van der Waals surface area contributed by atoms with Crippen LogP contribution in [0.25, 0.3) is 0 Å². The monoisotopic (exact) mass is 239 g/mol. The van der Waals surface area contributed by atoms with Crippen LogP contribution in [0.1, 0.15) is 26.3 Å². The van der Waals surface area contributed by atoms with Crippen LogP contribution in [0.2, 0.25) is 0 Å². The summed E-state index contributed by atoms with van der Waals surface area (Å²) in [5, 5.41) is 9.30. The highest BCUT2D eigenvalue weighted by Crippen LogP contribution is 2.29. The molecule has 0 aliphatic rings. The first-order chi connectivity index (χ1) is 7.90. The van der Waals surface area contributed by atoms with Crippen molar-refractivity contribution < 1.29 is 19.5 Å². The van der Waals surface area contributed by atoms with Gasteiger partial charge in [-0.1, -0.05) is 12.1 Å².